The van der Waals surface area contributed by atoms with Crippen LogP contribution in [0.3, 0.4) is 0 Å². The Hall–Kier alpha value is -4.17. The number of benzene rings is 2. The van der Waals surface area contributed by atoms with Gasteiger partial charge in [0.05, 0.1) is 11.3 Å². The van der Waals surface area contributed by atoms with Crippen LogP contribution in [0.5, 0.6) is 0 Å². The standard InChI is InChI=1S/C24H18ClN3O5/c1-13-11-16(14(2)27(13)18-7-3-15(4-8-18)23(31)32)12-20-21(29)26-24(33)28(22(20)30)19-9-5-17(25)6-10-19/h3-12H,1-2H3,(H,31,32)(H,26,29,33)/b20-12+. The van der Waals surface area contributed by atoms with Gasteiger partial charge in [0.15, 0.2) is 0 Å². The Morgan fingerprint density at radius 2 is 1.58 bits per heavy atom. The second-order valence-electron chi connectivity index (χ2n) is 7.45. The number of carboxylic acids is 1. The summed E-state index contributed by atoms with van der Waals surface area (Å²) in [6.45, 7) is 3.67. The highest BCUT2D eigenvalue weighted by molar-refractivity contribution is 6.39. The van der Waals surface area contributed by atoms with Crippen LogP contribution in [0.25, 0.3) is 11.8 Å². The topological polar surface area (TPSA) is 109 Å². The number of nitrogens with zero attached hydrogens (tertiary/aromatic N) is 2. The van der Waals surface area contributed by atoms with Gasteiger partial charge in [-0.25, -0.2) is 14.5 Å². The molecule has 4 amide bonds. The number of aryl methyl sites for hydroxylation is 1. The second-order valence-corrected chi connectivity index (χ2v) is 7.88. The number of carbonyl (C=O) groups is 4. The van der Waals surface area contributed by atoms with Crippen LogP contribution >= 0.6 is 11.6 Å². The Kier molecular flexibility index (Phi) is 5.61. The Balaban J connectivity index is 1.73. The summed E-state index contributed by atoms with van der Waals surface area (Å²) >= 11 is 5.89. The van der Waals surface area contributed by atoms with E-state index in [1.54, 1.807) is 30.3 Å². The Morgan fingerprint density at radius 3 is 2.18 bits per heavy atom. The smallest absolute Gasteiger partial charge is 0.335 e. The minimum Gasteiger partial charge on any atom is -0.478 e. The van der Waals surface area contributed by atoms with Crippen molar-refractivity contribution in [3.63, 3.8) is 0 Å². The number of aromatic carboxylic acids is 1. The number of rotatable bonds is 4. The first-order chi connectivity index (χ1) is 15.7. The molecule has 2 heterocycles. The van der Waals surface area contributed by atoms with Gasteiger partial charge in [0.25, 0.3) is 11.8 Å². The van der Waals surface area contributed by atoms with E-state index in [0.29, 0.717) is 10.6 Å². The fourth-order valence-electron chi connectivity index (χ4n) is 3.72. The Bertz CT molecular complexity index is 1340. The SMILES string of the molecule is Cc1cc(/C=C2\C(=O)NC(=O)N(c3ccc(Cl)cc3)C2=O)c(C)n1-c1ccc(C(=O)O)cc1. The summed E-state index contributed by atoms with van der Waals surface area (Å²) in [5.74, 6) is -2.55. The van der Waals surface area contributed by atoms with Crippen LogP contribution in [0.1, 0.15) is 27.3 Å². The van der Waals surface area contributed by atoms with Crippen LogP contribution in [-0.4, -0.2) is 33.5 Å². The average Bonchev–Trinajstić information content (AvgIpc) is 3.05. The molecule has 0 aliphatic carbocycles. The molecule has 33 heavy (non-hydrogen) atoms. The highest BCUT2D eigenvalue weighted by Gasteiger charge is 2.37. The molecule has 2 N–H and O–H groups in total. The number of barbiturate groups is 1. The molecule has 3 aromatic rings. The van der Waals surface area contributed by atoms with Crippen molar-refractivity contribution in [1.29, 1.82) is 0 Å². The normalized spacial score (nSPS) is 15.2. The first-order valence-corrected chi connectivity index (χ1v) is 10.2. The molecule has 0 unspecified atom stereocenters. The number of amides is 4. The summed E-state index contributed by atoms with van der Waals surface area (Å²) in [5, 5.41) is 11.7. The zero-order chi connectivity index (χ0) is 23.9. The van der Waals surface area contributed by atoms with Crippen LogP contribution in [0.4, 0.5) is 10.5 Å². The number of hydrogen-bond acceptors (Lipinski definition) is 4. The summed E-state index contributed by atoms with van der Waals surface area (Å²) in [5.41, 5.74) is 3.15. The first kappa shape index (κ1) is 22.0. The first-order valence-electron chi connectivity index (χ1n) is 9.87. The van der Waals surface area contributed by atoms with Gasteiger partial charge >= 0.3 is 12.0 Å². The molecule has 1 aromatic heterocycles. The second kappa shape index (κ2) is 8.40. The van der Waals surface area contributed by atoms with Gasteiger partial charge < -0.3 is 9.67 Å². The molecule has 2 aromatic carbocycles. The monoisotopic (exact) mass is 463 g/mol. The van der Waals surface area contributed by atoms with E-state index in [4.69, 9.17) is 16.7 Å². The third-order valence-corrected chi connectivity index (χ3v) is 5.58. The van der Waals surface area contributed by atoms with Crippen molar-refractivity contribution < 1.29 is 24.3 Å². The molecule has 4 rings (SSSR count). The molecule has 0 atom stereocenters. The summed E-state index contributed by atoms with van der Waals surface area (Å²) in [6.07, 6.45) is 1.44. The molecular weight excluding hydrogens is 446 g/mol. The fourth-order valence-corrected chi connectivity index (χ4v) is 3.85. The molecule has 1 aliphatic rings. The molecule has 1 saturated heterocycles. The van der Waals surface area contributed by atoms with Crippen LogP contribution in [0.15, 0.2) is 60.2 Å². The number of urea groups is 1. The lowest BCUT2D eigenvalue weighted by Gasteiger charge is -2.26. The van der Waals surface area contributed by atoms with Gasteiger partial charge in [-0.3, -0.25) is 14.9 Å². The molecule has 0 radical (unpaired) electrons. The van der Waals surface area contributed by atoms with E-state index >= 15 is 0 Å². The van der Waals surface area contributed by atoms with Gasteiger partial charge in [0.2, 0.25) is 0 Å². The number of carboxylic acid groups (broad SMARTS) is 1. The summed E-state index contributed by atoms with van der Waals surface area (Å²) in [7, 11) is 0. The minimum atomic E-state index is -1.02. The molecule has 166 valence electrons. The molecule has 0 bridgehead atoms. The van der Waals surface area contributed by atoms with Crippen molar-refractivity contribution in [2.75, 3.05) is 4.90 Å². The predicted octanol–water partition coefficient (Wildman–Crippen LogP) is 4.11. The van der Waals surface area contributed by atoms with Crippen molar-refractivity contribution in [2.45, 2.75) is 13.8 Å². The lowest BCUT2D eigenvalue weighted by atomic mass is 10.1. The van der Waals surface area contributed by atoms with Gasteiger partial charge in [-0.1, -0.05) is 11.6 Å². The molecule has 8 nitrogen and oxygen atoms in total. The van der Waals surface area contributed by atoms with Crippen molar-refractivity contribution in [3.8, 4) is 5.69 Å². The average molecular weight is 464 g/mol. The predicted molar refractivity (Wildman–Crippen MR) is 123 cm³/mol. The van der Waals surface area contributed by atoms with E-state index in [0.717, 1.165) is 22.0 Å². The molecule has 9 heteroatoms. The van der Waals surface area contributed by atoms with Crippen LogP contribution in [-0.2, 0) is 9.59 Å². The highest BCUT2D eigenvalue weighted by atomic mass is 35.5. The van der Waals surface area contributed by atoms with E-state index in [9.17, 15) is 19.2 Å². The number of aromatic nitrogens is 1. The largest absolute Gasteiger partial charge is 0.478 e. The highest BCUT2D eigenvalue weighted by Crippen LogP contribution is 2.27. The number of nitrogens with one attached hydrogen (secondary N) is 1. The van der Waals surface area contributed by atoms with Crippen molar-refractivity contribution in [2.24, 2.45) is 0 Å². The summed E-state index contributed by atoms with van der Waals surface area (Å²) in [4.78, 5) is 49.9. The van der Waals surface area contributed by atoms with E-state index in [2.05, 4.69) is 5.32 Å². The maximum absolute atomic E-state index is 13.1. The Morgan fingerprint density at radius 1 is 0.970 bits per heavy atom. The zero-order valence-electron chi connectivity index (χ0n) is 17.6. The van der Waals surface area contributed by atoms with Gasteiger partial charge in [0, 0.05) is 22.1 Å². The van der Waals surface area contributed by atoms with Gasteiger partial charge in [0.1, 0.15) is 5.57 Å². The van der Waals surface area contributed by atoms with Crippen LogP contribution in [0.2, 0.25) is 5.02 Å². The number of halogens is 1. The molecule has 0 spiro atoms. The number of anilines is 1. The summed E-state index contributed by atoms with van der Waals surface area (Å²) < 4.78 is 1.88. The molecule has 0 saturated carbocycles. The van der Waals surface area contributed by atoms with Crippen molar-refractivity contribution in [3.05, 3.63) is 87.7 Å². The van der Waals surface area contributed by atoms with Gasteiger partial charge in [-0.05, 0) is 80.1 Å². The van der Waals surface area contributed by atoms with E-state index in [-0.39, 0.29) is 16.8 Å². The Labute approximate surface area is 193 Å². The fraction of sp³-hybridized carbons (Fsp3) is 0.0833. The van der Waals surface area contributed by atoms with Crippen LogP contribution in [0, 0.1) is 13.8 Å². The number of hydrogen-bond donors (Lipinski definition) is 2. The third-order valence-electron chi connectivity index (χ3n) is 5.33. The van der Waals surface area contributed by atoms with Crippen molar-refractivity contribution >= 4 is 47.2 Å². The number of imide groups is 2. The lowest BCUT2D eigenvalue weighted by Crippen LogP contribution is -2.54. The van der Waals surface area contributed by atoms with E-state index in [1.165, 1.54) is 30.3 Å². The maximum atomic E-state index is 13.1. The zero-order valence-corrected chi connectivity index (χ0v) is 18.4. The third kappa shape index (κ3) is 4.04. The maximum Gasteiger partial charge on any atom is 0.335 e. The molecule has 1 aliphatic heterocycles. The van der Waals surface area contributed by atoms with Gasteiger partial charge in [-0.15, -0.1) is 0 Å². The van der Waals surface area contributed by atoms with E-state index < -0.39 is 23.8 Å². The minimum absolute atomic E-state index is 0.167. The van der Waals surface area contributed by atoms with E-state index in [1.807, 2.05) is 18.4 Å². The van der Waals surface area contributed by atoms with Gasteiger partial charge in [-0.2, -0.15) is 0 Å². The number of carbonyl (C=O) groups excluding carboxylic acids is 3. The van der Waals surface area contributed by atoms with Crippen molar-refractivity contribution in [1.82, 2.24) is 9.88 Å². The molecule has 1 fully saturated rings. The summed E-state index contributed by atoms with van der Waals surface area (Å²) in [6, 6.07) is 13.4. The quantitative estimate of drug-likeness (QED) is 0.447. The van der Waals surface area contributed by atoms with Crippen LogP contribution < -0.4 is 10.2 Å². The molecular formula is C24H18ClN3O5. The lowest BCUT2D eigenvalue weighted by molar-refractivity contribution is -0.122.